The van der Waals surface area contributed by atoms with Crippen LogP contribution in [0, 0.1) is 17.2 Å². The van der Waals surface area contributed by atoms with Gasteiger partial charge in [0.05, 0.1) is 16.7 Å². The van der Waals surface area contributed by atoms with Crippen LogP contribution in [0.25, 0.3) is 10.7 Å². The van der Waals surface area contributed by atoms with E-state index in [2.05, 4.69) is 40.4 Å². The minimum Gasteiger partial charge on any atom is -0.297 e. The molecule has 2 aromatic heterocycles. The zero-order chi connectivity index (χ0) is 16.2. The van der Waals surface area contributed by atoms with Crippen molar-refractivity contribution in [3.63, 3.8) is 0 Å². The number of fused-ring (bicyclic) bond motifs is 1. The van der Waals surface area contributed by atoms with Gasteiger partial charge in [0.25, 0.3) is 0 Å². The Hall–Kier alpha value is -1.58. The van der Waals surface area contributed by atoms with Gasteiger partial charge >= 0.3 is 0 Å². The van der Waals surface area contributed by atoms with Gasteiger partial charge in [0.2, 0.25) is 0 Å². The van der Waals surface area contributed by atoms with Crippen LogP contribution in [0.15, 0.2) is 23.9 Å². The molecule has 0 bridgehead atoms. The summed E-state index contributed by atoms with van der Waals surface area (Å²) >= 11 is 3.27. The molecular weight excluding hydrogens is 324 g/mol. The fourth-order valence-corrected chi connectivity index (χ4v) is 4.84. The maximum absolute atomic E-state index is 8.78. The lowest BCUT2D eigenvalue weighted by molar-refractivity contribution is 0.449. The second kappa shape index (κ2) is 7.33. The fourth-order valence-electron chi connectivity index (χ4n) is 3.03. The fraction of sp³-hybridized carbons (Fsp3) is 0.471. The van der Waals surface area contributed by atoms with E-state index in [0.717, 1.165) is 16.9 Å². The average molecular weight is 345 g/mol. The van der Waals surface area contributed by atoms with Crippen molar-refractivity contribution in [3.05, 3.63) is 29.2 Å². The Morgan fingerprint density at radius 2 is 2.43 bits per heavy atom. The topological polar surface area (TPSA) is 54.5 Å². The molecule has 0 radical (unpaired) electrons. The van der Waals surface area contributed by atoms with Gasteiger partial charge in [-0.3, -0.25) is 4.57 Å². The minimum atomic E-state index is 0.383. The standard InChI is InChI=1S/C17H20N4S2/c1-3-8-21-16(19-20-17(21)22-9-7-18)15-11-13-10-12(4-2)5-6-14(13)23-15/h3,11-12H,1,4-6,8-10H2,2H3/t12-/m1/s1. The van der Waals surface area contributed by atoms with Crippen LogP contribution in [0.1, 0.15) is 30.2 Å². The van der Waals surface area contributed by atoms with Crippen molar-refractivity contribution in [2.75, 3.05) is 5.75 Å². The van der Waals surface area contributed by atoms with Crippen molar-refractivity contribution in [1.29, 1.82) is 5.26 Å². The third-order valence-corrected chi connectivity index (χ3v) is 6.34. The summed E-state index contributed by atoms with van der Waals surface area (Å²) in [5.74, 6) is 2.10. The summed E-state index contributed by atoms with van der Waals surface area (Å²) in [6.07, 6.45) is 6.78. The van der Waals surface area contributed by atoms with Crippen molar-refractivity contribution in [2.45, 2.75) is 44.3 Å². The number of nitriles is 1. The second-order valence-corrected chi connectivity index (χ2v) is 7.81. The lowest BCUT2D eigenvalue weighted by Gasteiger charge is -2.19. The lowest BCUT2D eigenvalue weighted by Crippen LogP contribution is -2.10. The molecule has 1 aliphatic carbocycles. The van der Waals surface area contributed by atoms with E-state index in [1.54, 1.807) is 0 Å². The van der Waals surface area contributed by atoms with E-state index in [9.17, 15) is 0 Å². The zero-order valence-corrected chi connectivity index (χ0v) is 14.9. The van der Waals surface area contributed by atoms with Gasteiger partial charge < -0.3 is 0 Å². The van der Waals surface area contributed by atoms with E-state index in [-0.39, 0.29) is 0 Å². The average Bonchev–Trinajstić information content (AvgIpc) is 3.16. The number of allylic oxidation sites excluding steroid dienone is 1. The Bertz CT molecular complexity index is 738. The first-order valence-corrected chi connectivity index (χ1v) is 9.72. The van der Waals surface area contributed by atoms with E-state index in [0.29, 0.717) is 12.3 Å². The molecule has 0 saturated heterocycles. The zero-order valence-electron chi connectivity index (χ0n) is 13.3. The highest BCUT2D eigenvalue weighted by molar-refractivity contribution is 7.99. The molecule has 0 N–H and O–H groups in total. The normalized spacial score (nSPS) is 16.8. The van der Waals surface area contributed by atoms with Crippen LogP contribution in [0.5, 0.6) is 0 Å². The van der Waals surface area contributed by atoms with Crippen LogP contribution in [0.4, 0.5) is 0 Å². The molecule has 4 nitrogen and oxygen atoms in total. The quantitative estimate of drug-likeness (QED) is 0.578. The highest BCUT2D eigenvalue weighted by atomic mass is 32.2. The molecule has 0 spiro atoms. The van der Waals surface area contributed by atoms with Gasteiger partial charge in [0.15, 0.2) is 11.0 Å². The van der Waals surface area contributed by atoms with Gasteiger partial charge in [-0.2, -0.15) is 5.26 Å². The Labute approximate surface area is 145 Å². The summed E-state index contributed by atoms with van der Waals surface area (Å²) < 4.78 is 2.06. The maximum atomic E-state index is 8.78. The van der Waals surface area contributed by atoms with Crippen LogP contribution in [-0.4, -0.2) is 20.5 Å². The Kier molecular flexibility index (Phi) is 5.19. The summed E-state index contributed by atoms with van der Waals surface area (Å²) in [4.78, 5) is 2.69. The van der Waals surface area contributed by atoms with Crippen LogP contribution in [0.3, 0.4) is 0 Å². The number of aromatic nitrogens is 3. The lowest BCUT2D eigenvalue weighted by atomic mass is 9.87. The number of thioether (sulfide) groups is 1. The Morgan fingerprint density at radius 3 is 3.17 bits per heavy atom. The molecule has 2 heterocycles. The third-order valence-electron chi connectivity index (χ3n) is 4.28. The molecule has 23 heavy (non-hydrogen) atoms. The summed E-state index contributed by atoms with van der Waals surface area (Å²) in [6.45, 7) is 6.77. The van der Waals surface area contributed by atoms with Crippen molar-refractivity contribution in [1.82, 2.24) is 14.8 Å². The largest absolute Gasteiger partial charge is 0.297 e. The molecule has 3 rings (SSSR count). The predicted molar refractivity (Wildman–Crippen MR) is 95.7 cm³/mol. The van der Waals surface area contributed by atoms with Crippen LogP contribution in [0.2, 0.25) is 0 Å². The van der Waals surface area contributed by atoms with E-state index in [1.807, 2.05) is 17.4 Å². The minimum absolute atomic E-state index is 0.383. The highest BCUT2D eigenvalue weighted by Gasteiger charge is 2.23. The van der Waals surface area contributed by atoms with Crippen molar-refractivity contribution < 1.29 is 0 Å². The van der Waals surface area contributed by atoms with Gasteiger partial charge in [0.1, 0.15) is 0 Å². The van der Waals surface area contributed by atoms with Crippen molar-refractivity contribution in [3.8, 4) is 16.8 Å². The molecule has 1 atom stereocenters. The molecule has 1 aliphatic rings. The number of hydrogen-bond donors (Lipinski definition) is 0. The van der Waals surface area contributed by atoms with Crippen molar-refractivity contribution >= 4 is 23.1 Å². The first-order chi connectivity index (χ1) is 11.3. The molecule has 0 amide bonds. The van der Waals surface area contributed by atoms with E-state index in [1.165, 1.54) is 52.8 Å². The molecule has 0 aliphatic heterocycles. The molecule has 0 unspecified atom stereocenters. The van der Waals surface area contributed by atoms with Gasteiger partial charge in [-0.15, -0.1) is 28.1 Å². The smallest absolute Gasteiger partial charge is 0.192 e. The third kappa shape index (κ3) is 3.36. The second-order valence-electron chi connectivity index (χ2n) is 5.73. The first-order valence-electron chi connectivity index (χ1n) is 7.92. The molecular formula is C17H20N4S2. The summed E-state index contributed by atoms with van der Waals surface area (Å²) in [5.41, 5.74) is 1.49. The van der Waals surface area contributed by atoms with Crippen LogP contribution >= 0.6 is 23.1 Å². The molecule has 0 aromatic carbocycles. The molecule has 120 valence electrons. The highest BCUT2D eigenvalue weighted by Crippen LogP contribution is 2.38. The molecule has 0 saturated carbocycles. The van der Waals surface area contributed by atoms with Crippen molar-refractivity contribution in [2.24, 2.45) is 5.92 Å². The first kappa shape index (κ1) is 16.3. The Balaban J connectivity index is 1.93. The summed E-state index contributed by atoms with van der Waals surface area (Å²) in [6, 6.07) is 4.44. The summed E-state index contributed by atoms with van der Waals surface area (Å²) in [7, 11) is 0. The molecule has 6 heteroatoms. The van der Waals surface area contributed by atoms with Gasteiger partial charge in [0, 0.05) is 11.4 Å². The van der Waals surface area contributed by atoms with E-state index < -0.39 is 0 Å². The van der Waals surface area contributed by atoms with Gasteiger partial charge in [-0.1, -0.05) is 31.2 Å². The molecule has 2 aromatic rings. The van der Waals surface area contributed by atoms with Crippen LogP contribution in [-0.2, 0) is 19.4 Å². The van der Waals surface area contributed by atoms with Gasteiger partial charge in [-0.05, 0) is 36.8 Å². The monoisotopic (exact) mass is 344 g/mol. The van der Waals surface area contributed by atoms with E-state index in [4.69, 9.17) is 5.26 Å². The van der Waals surface area contributed by atoms with Crippen LogP contribution < -0.4 is 0 Å². The SMILES string of the molecule is C=CCn1c(SCC#N)nnc1-c1cc2c(s1)CC[C@@H](CC)C2. The molecule has 0 fully saturated rings. The number of nitrogens with zero attached hydrogens (tertiary/aromatic N) is 4. The predicted octanol–water partition coefficient (Wildman–Crippen LogP) is 4.32. The number of rotatable bonds is 6. The van der Waals surface area contributed by atoms with E-state index >= 15 is 0 Å². The maximum Gasteiger partial charge on any atom is 0.192 e. The van der Waals surface area contributed by atoms with Gasteiger partial charge in [-0.25, -0.2) is 0 Å². The summed E-state index contributed by atoms with van der Waals surface area (Å²) in [5, 5.41) is 18.2. The number of aryl methyl sites for hydroxylation is 1. The number of hydrogen-bond acceptors (Lipinski definition) is 5. The number of thiophene rings is 1. The Morgan fingerprint density at radius 1 is 1.57 bits per heavy atom.